The Labute approximate surface area is 109 Å². The molecule has 0 spiro atoms. The number of rotatable bonds is 2. The van der Waals surface area contributed by atoms with Crippen molar-refractivity contribution in [2.45, 2.75) is 31.4 Å². The highest BCUT2D eigenvalue weighted by Crippen LogP contribution is 2.37. The van der Waals surface area contributed by atoms with Crippen LogP contribution < -0.4 is 5.73 Å². The maximum atomic E-state index is 6.10. The van der Waals surface area contributed by atoms with Crippen molar-refractivity contribution >= 4 is 39.1 Å². The molecule has 0 unspecified atom stereocenters. The molecule has 0 bridgehead atoms. The minimum absolute atomic E-state index is 0.679. The summed E-state index contributed by atoms with van der Waals surface area (Å²) in [6.07, 6.45) is 6.96. The molecular weight excluding hydrogens is 250 g/mol. The van der Waals surface area contributed by atoms with E-state index in [0.29, 0.717) is 5.82 Å². The van der Waals surface area contributed by atoms with Crippen molar-refractivity contribution in [1.29, 1.82) is 0 Å². The molecule has 0 fully saturated rings. The van der Waals surface area contributed by atoms with E-state index < -0.39 is 0 Å². The van der Waals surface area contributed by atoms with Gasteiger partial charge >= 0.3 is 0 Å². The molecule has 2 N–H and O–H groups in total. The molecule has 2 aromatic heterocycles. The van der Waals surface area contributed by atoms with Crippen molar-refractivity contribution in [1.82, 2.24) is 9.97 Å². The van der Waals surface area contributed by atoms with Gasteiger partial charge in [-0.25, -0.2) is 9.97 Å². The predicted octanol–water partition coefficient (Wildman–Crippen LogP) is 3.02. The lowest BCUT2D eigenvalue weighted by atomic mass is 9.97. The van der Waals surface area contributed by atoms with Gasteiger partial charge in [0.25, 0.3) is 0 Å². The number of nitrogen functional groups attached to an aromatic ring is 1. The van der Waals surface area contributed by atoms with Crippen LogP contribution in [0.1, 0.15) is 29.1 Å². The van der Waals surface area contributed by atoms with Gasteiger partial charge in [0.15, 0.2) is 0 Å². The molecule has 2 aromatic rings. The minimum Gasteiger partial charge on any atom is -0.383 e. The molecule has 0 atom stereocenters. The minimum atomic E-state index is 0.679. The highest BCUT2D eigenvalue weighted by molar-refractivity contribution is 7.97. The predicted molar refractivity (Wildman–Crippen MR) is 75.7 cm³/mol. The second-order valence-corrected chi connectivity index (χ2v) is 6.30. The molecule has 0 amide bonds. The van der Waals surface area contributed by atoms with E-state index in [4.69, 9.17) is 5.73 Å². The van der Waals surface area contributed by atoms with Crippen molar-refractivity contribution in [3.05, 3.63) is 16.3 Å². The van der Waals surface area contributed by atoms with Gasteiger partial charge in [0.05, 0.1) is 11.1 Å². The van der Waals surface area contributed by atoms with Crippen LogP contribution in [0.3, 0.4) is 0 Å². The van der Waals surface area contributed by atoms with Crippen LogP contribution >= 0.6 is 23.1 Å². The van der Waals surface area contributed by atoms with E-state index >= 15 is 0 Å². The van der Waals surface area contributed by atoms with Crippen molar-refractivity contribution in [3.8, 4) is 0 Å². The Morgan fingerprint density at radius 1 is 1.29 bits per heavy atom. The number of thioether (sulfide) groups is 1. The van der Waals surface area contributed by atoms with Crippen LogP contribution in [-0.2, 0) is 18.6 Å². The standard InChI is InChI=1S/C12H15N3S2/c1-16-6-9-14-11(13)10-7-4-2-3-5-8(7)17-12(10)15-9/h2-6H2,1H3,(H2,13,14,15). The lowest BCUT2D eigenvalue weighted by Crippen LogP contribution is -2.02. The second kappa shape index (κ2) is 4.46. The number of aryl methyl sites for hydroxylation is 2. The highest BCUT2D eigenvalue weighted by Gasteiger charge is 2.19. The molecule has 90 valence electrons. The summed E-state index contributed by atoms with van der Waals surface area (Å²) in [5.74, 6) is 2.38. The van der Waals surface area contributed by atoms with Gasteiger partial charge in [-0.1, -0.05) is 0 Å². The Bertz CT molecular complexity index is 562. The van der Waals surface area contributed by atoms with E-state index in [1.807, 2.05) is 11.3 Å². The van der Waals surface area contributed by atoms with E-state index in [1.165, 1.54) is 29.7 Å². The monoisotopic (exact) mass is 265 g/mol. The Hall–Kier alpha value is -0.810. The Morgan fingerprint density at radius 3 is 2.94 bits per heavy atom. The molecule has 0 aliphatic heterocycles. The average Bonchev–Trinajstić information content (AvgIpc) is 2.67. The second-order valence-electron chi connectivity index (χ2n) is 4.35. The molecule has 2 heterocycles. The van der Waals surface area contributed by atoms with Crippen LogP contribution in [0, 0.1) is 0 Å². The first-order valence-corrected chi connectivity index (χ1v) is 8.06. The molecule has 3 rings (SSSR count). The zero-order valence-electron chi connectivity index (χ0n) is 9.82. The van der Waals surface area contributed by atoms with Gasteiger partial charge in [0, 0.05) is 4.88 Å². The fraction of sp³-hybridized carbons (Fsp3) is 0.500. The summed E-state index contributed by atoms with van der Waals surface area (Å²) in [5, 5.41) is 1.13. The number of hydrogen-bond donors (Lipinski definition) is 1. The maximum absolute atomic E-state index is 6.10. The number of nitrogens with two attached hydrogens (primary N) is 1. The molecule has 0 aromatic carbocycles. The Morgan fingerprint density at radius 2 is 2.12 bits per heavy atom. The molecule has 3 nitrogen and oxygen atoms in total. The molecule has 5 heteroatoms. The number of aromatic nitrogens is 2. The smallest absolute Gasteiger partial charge is 0.142 e. The quantitative estimate of drug-likeness (QED) is 0.907. The normalized spacial score (nSPS) is 15.1. The maximum Gasteiger partial charge on any atom is 0.142 e. The van der Waals surface area contributed by atoms with Gasteiger partial charge < -0.3 is 5.73 Å². The van der Waals surface area contributed by atoms with Crippen LogP contribution in [0.2, 0.25) is 0 Å². The summed E-state index contributed by atoms with van der Waals surface area (Å²) >= 11 is 3.54. The Kier molecular flexibility index (Phi) is 2.96. The fourth-order valence-electron chi connectivity index (χ4n) is 2.43. The fourth-order valence-corrected chi connectivity index (χ4v) is 4.10. The van der Waals surface area contributed by atoms with Crippen LogP contribution in [0.4, 0.5) is 5.82 Å². The topological polar surface area (TPSA) is 51.8 Å². The van der Waals surface area contributed by atoms with Crippen molar-refractivity contribution < 1.29 is 0 Å². The molecule has 1 aliphatic carbocycles. The third kappa shape index (κ3) is 1.91. The van der Waals surface area contributed by atoms with Crippen LogP contribution in [0.25, 0.3) is 10.2 Å². The molecular formula is C12H15N3S2. The van der Waals surface area contributed by atoms with E-state index in [0.717, 1.165) is 28.2 Å². The first-order valence-electron chi connectivity index (χ1n) is 5.85. The molecule has 0 radical (unpaired) electrons. The highest BCUT2D eigenvalue weighted by atomic mass is 32.2. The SMILES string of the molecule is CSCc1nc(N)c2c3c(sc2n1)CCCC3. The van der Waals surface area contributed by atoms with Gasteiger partial charge in [-0.05, 0) is 37.5 Å². The largest absolute Gasteiger partial charge is 0.383 e. The van der Waals surface area contributed by atoms with Gasteiger partial charge in [-0.15, -0.1) is 11.3 Å². The van der Waals surface area contributed by atoms with Gasteiger partial charge in [0.2, 0.25) is 0 Å². The number of anilines is 1. The average molecular weight is 265 g/mol. The van der Waals surface area contributed by atoms with Crippen LogP contribution in [0.15, 0.2) is 0 Å². The molecule has 17 heavy (non-hydrogen) atoms. The molecule has 0 saturated heterocycles. The van der Waals surface area contributed by atoms with Crippen molar-refractivity contribution in [3.63, 3.8) is 0 Å². The number of thiophene rings is 1. The summed E-state index contributed by atoms with van der Waals surface area (Å²) < 4.78 is 0. The zero-order chi connectivity index (χ0) is 11.8. The lowest BCUT2D eigenvalue weighted by Gasteiger charge is -2.10. The lowest BCUT2D eigenvalue weighted by molar-refractivity contribution is 0.700. The van der Waals surface area contributed by atoms with Crippen molar-refractivity contribution in [2.24, 2.45) is 0 Å². The number of hydrogen-bond acceptors (Lipinski definition) is 5. The van der Waals surface area contributed by atoms with Crippen LogP contribution in [0.5, 0.6) is 0 Å². The van der Waals surface area contributed by atoms with E-state index in [9.17, 15) is 0 Å². The molecule has 1 aliphatic rings. The van der Waals surface area contributed by atoms with E-state index in [2.05, 4.69) is 16.2 Å². The summed E-state index contributed by atoms with van der Waals surface area (Å²) in [6.45, 7) is 0. The third-order valence-electron chi connectivity index (χ3n) is 3.16. The Balaban J connectivity index is 2.19. The summed E-state index contributed by atoms with van der Waals surface area (Å²) in [5.41, 5.74) is 7.52. The van der Waals surface area contributed by atoms with E-state index in [-0.39, 0.29) is 0 Å². The number of fused-ring (bicyclic) bond motifs is 3. The first-order chi connectivity index (χ1) is 8.29. The third-order valence-corrected chi connectivity index (χ3v) is 4.89. The van der Waals surface area contributed by atoms with Gasteiger partial charge in [0.1, 0.15) is 16.5 Å². The molecule has 0 saturated carbocycles. The van der Waals surface area contributed by atoms with Gasteiger partial charge in [-0.2, -0.15) is 11.8 Å². The van der Waals surface area contributed by atoms with Crippen LogP contribution in [-0.4, -0.2) is 16.2 Å². The summed E-state index contributed by atoms with van der Waals surface area (Å²) in [6, 6.07) is 0. The first kappa shape index (κ1) is 11.3. The van der Waals surface area contributed by atoms with E-state index in [1.54, 1.807) is 11.8 Å². The zero-order valence-corrected chi connectivity index (χ0v) is 11.5. The summed E-state index contributed by atoms with van der Waals surface area (Å²) in [7, 11) is 0. The van der Waals surface area contributed by atoms with Gasteiger partial charge in [-0.3, -0.25) is 0 Å². The van der Waals surface area contributed by atoms with Crippen molar-refractivity contribution in [2.75, 3.05) is 12.0 Å². The number of nitrogens with zero attached hydrogens (tertiary/aromatic N) is 2. The summed E-state index contributed by atoms with van der Waals surface area (Å²) in [4.78, 5) is 11.6.